The smallest absolute Gasteiger partial charge is 0.268 e. The van der Waals surface area contributed by atoms with Crippen LogP contribution < -0.4 is 4.90 Å². The average Bonchev–Trinajstić information content (AvgIpc) is 2.95. The number of hydrogen-bond acceptors (Lipinski definition) is 5. The van der Waals surface area contributed by atoms with Gasteiger partial charge in [-0.2, -0.15) is 0 Å². The molecule has 2 aromatic rings. The molecule has 2 aliphatic heterocycles. The fourth-order valence-corrected chi connectivity index (χ4v) is 5.93. The fraction of sp³-hybridized carbons (Fsp3) is 0.333. The Kier molecular flexibility index (Phi) is 5.81. The first-order valence-electron chi connectivity index (χ1n) is 10.6. The van der Waals surface area contributed by atoms with Crippen LogP contribution in [-0.4, -0.2) is 62.2 Å². The van der Waals surface area contributed by atoms with Gasteiger partial charge in [0.25, 0.3) is 15.9 Å². The van der Waals surface area contributed by atoms with Crippen molar-refractivity contribution in [2.45, 2.75) is 20.8 Å². The summed E-state index contributed by atoms with van der Waals surface area (Å²) >= 11 is 0. The number of amides is 2. The number of piperazine rings is 1. The molecule has 0 atom stereocenters. The second-order valence-corrected chi connectivity index (χ2v) is 10.1. The van der Waals surface area contributed by atoms with Crippen molar-refractivity contribution in [3.05, 3.63) is 70.8 Å². The summed E-state index contributed by atoms with van der Waals surface area (Å²) in [4.78, 5) is 29.5. The number of aryl methyl sites for hydroxylation is 2. The third kappa shape index (κ3) is 3.90. The summed E-state index contributed by atoms with van der Waals surface area (Å²) in [5.74, 6) is -0.988. The number of anilines is 1. The van der Waals surface area contributed by atoms with E-state index in [4.69, 9.17) is 0 Å². The molecule has 2 aliphatic rings. The third-order valence-electron chi connectivity index (χ3n) is 6.24. The molecule has 0 N–H and O–H groups in total. The van der Waals surface area contributed by atoms with E-state index in [1.165, 1.54) is 6.92 Å². The molecular weight excluding hydrogens is 426 g/mol. The molecule has 0 saturated carbocycles. The molecule has 168 valence electrons. The van der Waals surface area contributed by atoms with E-state index in [0.29, 0.717) is 31.7 Å². The van der Waals surface area contributed by atoms with Crippen LogP contribution in [-0.2, 0) is 19.6 Å². The SMILES string of the molecule is CC1=C(c2ccc(C)c(C)c2)S(=O)(=O)N(CC(=O)N2CCN(c3ccccc3)CC2)C1=O. The minimum Gasteiger partial charge on any atom is -0.368 e. The molecule has 0 aliphatic carbocycles. The van der Waals surface area contributed by atoms with Gasteiger partial charge in [0.2, 0.25) is 5.91 Å². The first-order chi connectivity index (χ1) is 15.2. The molecule has 1 saturated heterocycles. The molecule has 2 aromatic carbocycles. The topological polar surface area (TPSA) is 78.0 Å². The van der Waals surface area contributed by atoms with Gasteiger partial charge < -0.3 is 9.80 Å². The summed E-state index contributed by atoms with van der Waals surface area (Å²) in [6.45, 7) is 7.14. The maximum absolute atomic E-state index is 13.2. The minimum absolute atomic E-state index is 0.00713. The van der Waals surface area contributed by atoms with Crippen LogP contribution in [0, 0.1) is 13.8 Å². The number of hydrogen-bond donors (Lipinski definition) is 0. The normalized spacial score (nSPS) is 18.5. The predicted octanol–water partition coefficient (Wildman–Crippen LogP) is 2.56. The number of benzene rings is 2. The Hall–Kier alpha value is -3.13. The summed E-state index contributed by atoms with van der Waals surface area (Å²) in [6.07, 6.45) is 0. The van der Waals surface area contributed by atoms with Gasteiger partial charge in [0.05, 0.1) is 0 Å². The predicted molar refractivity (Wildman–Crippen MR) is 124 cm³/mol. The van der Waals surface area contributed by atoms with Crippen LogP contribution in [0.1, 0.15) is 23.6 Å². The van der Waals surface area contributed by atoms with Crippen molar-refractivity contribution in [3.63, 3.8) is 0 Å². The molecule has 32 heavy (non-hydrogen) atoms. The Morgan fingerprint density at radius 3 is 2.19 bits per heavy atom. The number of nitrogens with zero attached hydrogens (tertiary/aromatic N) is 3. The van der Waals surface area contributed by atoms with E-state index < -0.39 is 22.5 Å². The zero-order valence-corrected chi connectivity index (χ0v) is 19.4. The Morgan fingerprint density at radius 2 is 1.56 bits per heavy atom. The zero-order chi connectivity index (χ0) is 23.0. The van der Waals surface area contributed by atoms with E-state index in [-0.39, 0.29) is 16.4 Å². The highest BCUT2D eigenvalue weighted by Gasteiger charge is 2.43. The summed E-state index contributed by atoms with van der Waals surface area (Å²) in [5.41, 5.74) is 3.70. The zero-order valence-electron chi connectivity index (χ0n) is 18.5. The maximum atomic E-state index is 13.2. The quantitative estimate of drug-likeness (QED) is 0.711. The Bertz CT molecular complexity index is 1200. The van der Waals surface area contributed by atoms with Crippen molar-refractivity contribution < 1.29 is 18.0 Å². The number of rotatable bonds is 4. The lowest BCUT2D eigenvalue weighted by Crippen LogP contribution is -2.52. The van der Waals surface area contributed by atoms with E-state index in [1.807, 2.05) is 50.2 Å². The van der Waals surface area contributed by atoms with Crippen LogP contribution in [0.3, 0.4) is 0 Å². The Labute approximate surface area is 189 Å². The van der Waals surface area contributed by atoms with Crippen molar-refractivity contribution in [1.82, 2.24) is 9.21 Å². The highest BCUT2D eigenvalue weighted by molar-refractivity contribution is 7.99. The molecule has 0 bridgehead atoms. The van der Waals surface area contributed by atoms with E-state index in [9.17, 15) is 18.0 Å². The van der Waals surface area contributed by atoms with E-state index >= 15 is 0 Å². The maximum Gasteiger partial charge on any atom is 0.268 e. The number of carbonyl (C=O) groups is 2. The number of carbonyl (C=O) groups excluding carboxylic acids is 2. The largest absolute Gasteiger partial charge is 0.368 e. The van der Waals surface area contributed by atoms with Gasteiger partial charge in [0.15, 0.2) is 0 Å². The van der Waals surface area contributed by atoms with Crippen LogP contribution in [0.25, 0.3) is 4.91 Å². The number of sulfonamides is 1. The molecule has 0 radical (unpaired) electrons. The fourth-order valence-electron chi connectivity index (χ4n) is 4.18. The molecule has 8 heteroatoms. The highest BCUT2D eigenvalue weighted by Crippen LogP contribution is 2.36. The molecule has 0 aromatic heterocycles. The van der Waals surface area contributed by atoms with Gasteiger partial charge >= 0.3 is 0 Å². The summed E-state index contributed by atoms with van der Waals surface area (Å²) in [6, 6.07) is 15.3. The average molecular weight is 454 g/mol. The van der Waals surface area contributed by atoms with Gasteiger partial charge in [-0.3, -0.25) is 9.59 Å². The second-order valence-electron chi connectivity index (χ2n) is 8.27. The lowest BCUT2D eigenvalue weighted by molar-refractivity contribution is -0.135. The first-order valence-corrected chi connectivity index (χ1v) is 12.1. The highest BCUT2D eigenvalue weighted by atomic mass is 32.2. The van der Waals surface area contributed by atoms with Crippen molar-refractivity contribution in [1.29, 1.82) is 0 Å². The molecule has 0 unspecified atom stereocenters. The Balaban J connectivity index is 1.47. The van der Waals surface area contributed by atoms with Gasteiger partial charge in [0, 0.05) is 37.4 Å². The van der Waals surface area contributed by atoms with Gasteiger partial charge in [-0.15, -0.1) is 0 Å². The van der Waals surface area contributed by atoms with Gasteiger partial charge in [-0.25, -0.2) is 12.7 Å². The molecule has 0 spiro atoms. The van der Waals surface area contributed by atoms with Crippen molar-refractivity contribution >= 4 is 32.4 Å². The van der Waals surface area contributed by atoms with Crippen LogP contribution >= 0.6 is 0 Å². The standard InChI is InChI=1S/C24H27N3O4S/c1-17-9-10-20(15-18(17)2)23-19(3)24(29)27(32(23,30)31)16-22(28)26-13-11-25(12-14-26)21-7-5-4-6-8-21/h4-10,15H,11-14,16H2,1-3H3. The monoisotopic (exact) mass is 453 g/mol. The third-order valence-corrected chi connectivity index (χ3v) is 8.17. The van der Waals surface area contributed by atoms with Gasteiger partial charge in [-0.1, -0.05) is 36.4 Å². The van der Waals surface area contributed by atoms with Gasteiger partial charge in [0.1, 0.15) is 11.4 Å². The van der Waals surface area contributed by atoms with Gasteiger partial charge in [-0.05, 0) is 49.6 Å². The van der Waals surface area contributed by atoms with Crippen LogP contribution in [0.15, 0.2) is 54.1 Å². The van der Waals surface area contributed by atoms with Crippen LogP contribution in [0.5, 0.6) is 0 Å². The summed E-state index contributed by atoms with van der Waals surface area (Å²) < 4.78 is 27.2. The molecule has 4 rings (SSSR count). The molecule has 7 nitrogen and oxygen atoms in total. The molecule has 2 heterocycles. The minimum atomic E-state index is -4.09. The summed E-state index contributed by atoms with van der Waals surface area (Å²) in [5, 5.41) is 0. The van der Waals surface area contributed by atoms with E-state index in [1.54, 1.807) is 17.0 Å². The van der Waals surface area contributed by atoms with E-state index in [0.717, 1.165) is 21.1 Å². The van der Waals surface area contributed by atoms with Crippen molar-refractivity contribution in [3.8, 4) is 0 Å². The second kappa shape index (κ2) is 8.43. The number of para-hydroxylation sites is 1. The van der Waals surface area contributed by atoms with Crippen molar-refractivity contribution in [2.75, 3.05) is 37.6 Å². The van der Waals surface area contributed by atoms with Crippen molar-refractivity contribution in [2.24, 2.45) is 0 Å². The summed E-state index contributed by atoms with van der Waals surface area (Å²) in [7, 11) is -4.09. The first kappa shape index (κ1) is 22.1. The Morgan fingerprint density at radius 1 is 0.906 bits per heavy atom. The molecule has 2 amide bonds. The lowest BCUT2D eigenvalue weighted by Gasteiger charge is -2.36. The lowest BCUT2D eigenvalue weighted by atomic mass is 10.0. The molecular formula is C24H27N3O4S. The van der Waals surface area contributed by atoms with Crippen LogP contribution in [0.4, 0.5) is 5.69 Å². The van der Waals surface area contributed by atoms with E-state index in [2.05, 4.69) is 4.90 Å². The molecule has 1 fully saturated rings. The van der Waals surface area contributed by atoms with Crippen LogP contribution in [0.2, 0.25) is 0 Å².